The van der Waals surface area contributed by atoms with E-state index in [0.29, 0.717) is 11.9 Å². The molecule has 1 aliphatic carbocycles. The van der Waals surface area contributed by atoms with Crippen LogP contribution in [-0.4, -0.2) is 58.5 Å². The fourth-order valence-electron chi connectivity index (χ4n) is 4.62. The van der Waals surface area contributed by atoms with Crippen molar-refractivity contribution in [2.75, 3.05) is 24.7 Å². The summed E-state index contributed by atoms with van der Waals surface area (Å²) in [4.78, 5) is 12.0. The normalized spacial score (nSPS) is 22.4. The summed E-state index contributed by atoms with van der Waals surface area (Å²) in [5, 5.41) is 8.65. The predicted molar refractivity (Wildman–Crippen MR) is 120 cm³/mol. The van der Waals surface area contributed by atoms with Crippen LogP contribution >= 0.6 is 0 Å². The van der Waals surface area contributed by atoms with Gasteiger partial charge >= 0.3 is 0 Å². The van der Waals surface area contributed by atoms with Gasteiger partial charge in [-0.3, -0.25) is 0 Å². The molecule has 0 atom stereocenters. The van der Waals surface area contributed by atoms with Crippen LogP contribution in [0.5, 0.6) is 0 Å². The number of benzene rings is 1. The Hall–Kier alpha value is -2.52. The number of sulfone groups is 1. The van der Waals surface area contributed by atoms with Crippen LogP contribution in [0.3, 0.4) is 0 Å². The highest BCUT2D eigenvalue weighted by molar-refractivity contribution is 7.90. The maximum atomic E-state index is 11.6. The van der Waals surface area contributed by atoms with E-state index in [2.05, 4.69) is 25.3 Å². The number of fused-ring (bicyclic) bond motifs is 1. The fraction of sp³-hybridized carbons (Fsp3) is 0.500. The first-order valence-electron chi connectivity index (χ1n) is 11.0. The topological polar surface area (TPSA) is 93.0 Å². The molecule has 1 saturated carbocycles. The van der Waals surface area contributed by atoms with Gasteiger partial charge in [0.1, 0.15) is 0 Å². The Kier molecular flexibility index (Phi) is 5.39. The third-order valence-electron chi connectivity index (χ3n) is 6.57. The molecule has 2 aromatic heterocycles. The van der Waals surface area contributed by atoms with Crippen LogP contribution in [0.25, 0.3) is 11.0 Å². The fourth-order valence-corrected chi connectivity index (χ4v) is 5.25. The van der Waals surface area contributed by atoms with Gasteiger partial charge < -0.3 is 10.2 Å². The lowest BCUT2D eigenvalue weighted by Gasteiger charge is -2.42. The Morgan fingerprint density at radius 2 is 1.81 bits per heavy atom. The first-order chi connectivity index (χ1) is 15.0. The average Bonchev–Trinajstić information content (AvgIpc) is 3.10. The Bertz CT molecular complexity index is 1160. The van der Waals surface area contributed by atoms with E-state index in [9.17, 15) is 8.42 Å². The Morgan fingerprint density at radius 3 is 2.45 bits per heavy atom. The van der Waals surface area contributed by atoms with Crippen LogP contribution in [0.2, 0.25) is 0 Å². The number of rotatable bonds is 6. The number of hydrogen-bond donors (Lipinski definition) is 1. The molecule has 9 heteroatoms. The van der Waals surface area contributed by atoms with Gasteiger partial charge in [0, 0.05) is 30.7 Å². The average molecular weight is 441 g/mol. The number of hydrogen-bond acceptors (Lipinski definition) is 7. The third kappa shape index (κ3) is 4.43. The summed E-state index contributed by atoms with van der Waals surface area (Å²) in [7, 11) is -3.21. The van der Waals surface area contributed by atoms with Crippen LogP contribution in [0, 0.1) is 5.92 Å². The lowest BCUT2D eigenvalue weighted by Crippen LogP contribution is -2.46. The van der Waals surface area contributed by atoms with E-state index in [1.54, 1.807) is 30.5 Å². The molecule has 2 aliphatic rings. The number of nitrogens with zero attached hydrogens (tertiary/aromatic N) is 5. The molecule has 164 valence electrons. The Labute approximate surface area is 182 Å². The molecule has 1 N–H and O–H groups in total. The SMILES string of the molecule is CS(=O)(=O)c1ccc(Nc2ncc3cnn(CC4CCC(N5CCC5)CC4)c3n2)cc1. The zero-order valence-electron chi connectivity index (χ0n) is 17.7. The minimum atomic E-state index is -3.21. The van der Waals surface area contributed by atoms with Gasteiger partial charge in [-0.2, -0.15) is 10.1 Å². The summed E-state index contributed by atoms with van der Waals surface area (Å²) in [6, 6.07) is 7.38. The molecule has 0 bridgehead atoms. The number of nitrogens with one attached hydrogen (secondary N) is 1. The van der Waals surface area contributed by atoms with Crippen molar-refractivity contribution in [3.63, 3.8) is 0 Å². The molecule has 1 aromatic carbocycles. The summed E-state index contributed by atoms with van der Waals surface area (Å²) in [6.45, 7) is 3.45. The second kappa shape index (κ2) is 8.20. The largest absolute Gasteiger partial charge is 0.324 e. The van der Waals surface area contributed by atoms with E-state index in [1.807, 2.05) is 10.9 Å². The highest BCUT2D eigenvalue weighted by Gasteiger charge is 2.29. The molecular formula is C22H28N6O2S. The van der Waals surface area contributed by atoms with Gasteiger partial charge in [0.2, 0.25) is 5.95 Å². The van der Waals surface area contributed by atoms with Crippen molar-refractivity contribution >= 4 is 32.5 Å². The molecule has 3 heterocycles. The van der Waals surface area contributed by atoms with Gasteiger partial charge in [-0.1, -0.05) is 0 Å². The number of aromatic nitrogens is 4. The summed E-state index contributed by atoms with van der Waals surface area (Å²) in [6.07, 6.45) is 11.2. The molecule has 31 heavy (non-hydrogen) atoms. The molecule has 0 radical (unpaired) electrons. The van der Waals surface area contributed by atoms with Crippen molar-refractivity contribution < 1.29 is 8.42 Å². The minimum absolute atomic E-state index is 0.288. The van der Waals surface area contributed by atoms with Crippen LogP contribution in [0.15, 0.2) is 41.6 Å². The Morgan fingerprint density at radius 1 is 1.06 bits per heavy atom. The van der Waals surface area contributed by atoms with Crippen molar-refractivity contribution in [3.8, 4) is 0 Å². The number of anilines is 2. The van der Waals surface area contributed by atoms with Gasteiger partial charge in [0.25, 0.3) is 0 Å². The summed E-state index contributed by atoms with van der Waals surface area (Å²) >= 11 is 0. The number of likely N-dealkylation sites (tertiary alicyclic amines) is 1. The second-order valence-corrected chi connectivity index (χ2v) is 10.8. The van der Waals surface area contributed by atoms with E-state index >= 15 is 0 Å². The van der Waals surface area contributed by atoms with Gasteiger partial charge in [-0.25, -0.2) is 18.1 Å². The first-order valence-corrected chi connectivity index (χ1v) is 12.8. The zero-order chi connectivity index (χ0) is 21.4. The molecule has 1 saturated heterocycles. The third-order valence-corrected chi connectivity index (χ3v) is 7.70. The van der Waals surface area contributed by atoms with Gasteiger partial charge in [-0.05, 0) is 75.4 Å². The van der Waals surface area contributed by atoms with Crippen molar-refractivity contribution in [1.29, 1.82) is 0 Å². The van der Waals surface area contributed by atoms with Crippen LogP contribution in [0.1, 0.15) is 32.1 Å². The van der Waals surface area contributed by atoms with Crippen LogP contribution < -0.4 is 5.32 Å². The molecule has 5 rings (SSSR count). The summed E-state index contributed by atoms with van der Waals surface area (Å²) in [5.41, 5.74) is 1.57. The molecule has 0 spiro atoms. The quantitative estimate of drug-likeness (QED) is 0.629. The summed E-state index contributed by atoms with van der Waals surface area (Å²) in [5.74, 6) is 1.11. The minimum Gasteiger partial charge on any atom is -0.324 e. The molecular weight excluding hydrogens is 412 g/mol. The predicted octanol–water partition coefficient (Wildman–Crippen LogP) is 3.24. The summed E-state index contributed by atoms with van der Waals surface area (Å²) < 4.78 is 25.3. The van der Waals surface area contributed by atoms with Crippen molar-refractivity contribution in [2.24, 2.45) is 5.92 Å². The van der Waals surface area contributed by atoms with E-state index in [0.717, 1.165) is 29.3 Å². The molecule has 1 aliphatic heterocycles. The molecule has 8 nitrogen and oxygen atoms in total. The van der Waals surface area contributed by atoms with Crippen molar-refractivity contribution in [1.82, 2.24) is 24.6 Å². The lowest BCUT2D eigenvalue weighted by atomic mass is 9.84. The lowest BCUT2D eigenvalue weighted by molar-refractivity contribution is 0.0760. The van der Waals surface area contributed by atoms with Crippen molar-refractivity contribution in [3.05, 3.63) is 36.7 Å². The van der Waals surface area contributed by atoms with Crippen molar-refractivity contribution in [2.45, 2.75) is 49.6 Å². The van der Waals surface area contributed by atoms with Gasteiger partial charge in [0.05, 0.1) is 16.5 Å². The standard InChI is InChI=1S/C22H28N6O2S/c1-31(29,30)20-9-5-18(6-10-20)25-22-23-13-17-14-24-28(21(17)26-22)15-16-3-7-19(8-4-16)27-11-2-12-27/h5-6,9-10,13-14,16,19H,2-4,7-8,11-12,15H2,1H3,(H,23,25,26). The maximum absolute atomic E-state index is 11.6. The highest BCUT2D eigenvalue weighted by Crippen LogP contribution is 2.31. The van der Waals surface area contributed by atoms with Crippen LogP contribution in [-0.2, 0) is 16.4 Å². The maximum Gasteiger partial charge on any atom is 0.229 e. The smallest absolute Gasteiger partial charge is 0.229 e. The monoisotopic (exact) mass is 440 g/mol. The first kappa shape index (κ1) is 20.4. The highest BCUT2D eigenvalue weighted by atomic mass is 32.2. The van der Waals surface area contributed by atoms with Gasteiger partial charge in [0.15, 0.2) is 15.5 Å². The van der Waals surface area contributed by atoms with E-state index in [4.69, 9.17) is 0 Å². The van der Waals surface area contributed by atoms with Crippen LogP contribution in [0.4, 0.5) is 11.6 Å². The van der Waals surface area contributed by atoms with Gasteiger partial charge in [-0.15, -0.1) is 0 Å². The molecule has 3 aromatic rings. The Balaban J connectivity index is 1.27. The second-order valence-electron chi connectivity index (χ2n) is 8.78. The zero-order valence-corrected chi connectivity index (χ0v) is 18.6. The molecule has 2 fully saturated rings. The van der Waals surface area contributed by atoms with E-state index < -0.39 is 9.84 Å². The molecule has 0 unspecified atom stereocenters. The molecule has 0 amide bonds. The van der Waals surface area contributed by atoms with E-state index in [-0.39, 0.29) is 4.90 Å². The van der Waals surface area contributed by atoms with E-state index in [1.165, 1.54) is 51.4 Å².